The Hall–Kier alpha value is -3.04. The maximum absolute atomic E-state index is 12.8. The summed E-state index contributed by atoms with van der Waals surface area (Å²) in [6.07, 6.45) is -3.19. The van der Waals surface area contributed by atoms with Crippen molar-refractivity contribution in [3.05, 3.63) is 92.4 Å². The molecule has 0 aliphatic rings. The zero-order valence-electron chi connectivity index (χ0n) is 17.8. The molecule has 3 aromatic rings. The number of halogens is 5. The minimum atomic E-state index is -4.54. The van der Waals surface area contributed by atoms with Crippen molar-refractivity contribution in [3.63, 3.8) is 0 Å². The number of rotatable bonds is 8. The topological polar surface area (TPSA) is 59.9 Å². The van der Waals surface area contributed by atoms with Crippen molar-refractivity contribution in [3.8, 4) is 11.5 Å². The van der Waals surface area contributed by atoms with E-state index in [4.69, 9.17) is 21.1 Å². The molecule has 0 bridgehead atoms. The number of hydrazone groups is 1. The standard InChI is InChI=1S/C24H19BrClF3N2O3/c1-2-33-21-11-16(10-20(25)22(21)34-14-15-6-8-19(26)9-7-15)13-30-31-23(32)17-4-3-5-18(12-17)24(27,28)29/h3-13H,2,14H2,1H3,(H,31,32)/b30-13-. The maximum Gasteiger partial charge on any atom is 0.416 e. The predicted molar refractivity (Wildman–Crippen MR) is 128 cm³/mol. The van der Waals surface area contributed by atoms with Gasteiger partial charge in [-0.3, -0.25) is 4.79 Å². The molecule has 10 heteroatoms. The Morgan fingerprint density at radius 1 is 1.12 bits per heavy atom. The lowest BCUT2D eigenvalue weighted by molar-refractivity contribution is -0.137. The van der Waals surface area contributed by atoms with Crippen LogP contribution in [0.3, 0.4) is 0 Å². The molecule has 1 N–H and O–H groups in total. The van der Waals surface area contributed by atoms with Crippen LogP contribution in [0.15, 0.2) is 70.2 Å². The fourth-order valence-corrected chi connectivity index (χ4v) is 3.57. The molecule has 0 saturated carbocycles. The highest BCUT2D eigenvalue weighted by molar-refractivity contribution is 9.10. The van der Waals surface area contributed by atoms with Gasteiger partial charge < -0.3 is 9.47 Å². The molecule has 0 heterocycles. The maximum atomic E-state index is 12.8. The highest BCUT2D eigenvalue weighted by Crippen LogP contribution is 2.37. The van der Waals surface area contributed by atoms with Crippen LogP contribution in [-0.4, -0.2) is 18.7 Å². The van der Waals surface area contributed by atoms with E-state index in [-0.39, 0.29) is 12.2 Å². The van der Waals surface area contributed by atoms with E-state index in [0.29, 0.717) is 33.2 Å². The number of hydrogen-bond acceptors (Lipinski definition) is 4. The molecule has 1 amide bonds. The molecule has 0 spiro atoms. The van der Waals surface area contributed by atoms with Gasteiger partial charge in [0.1, 0.15) is 6.61 Å². The summed E-state index contributed by atoms with van der Waals surface area (Å²) in [5, 5.41) is 4.48. The first-order chi connectivity index (χ1) is 16.2. The fourth-order valence-electron chi connectivity index (χ4n) is 2.87. The van der Waals surface area contributed by atoms with Gasteiger partial charge in [-0.2, -0.15) is 18.3 Å². The molecule has 5 nitrogen and oxygen atoms in total. The Balaban J connectivity index is 1.72. The molecule has 3 rings (SSSR count). The minimum absolute atomic E-state index is 0.158. The SMILES string of the molecule is CCOc1cc(/C=N\NC(=O)c2cccc(C(F)(F)F)c2)cc(Br)c1OCc1ccc(Cl)cc1. The summed E-state index contributed by atoms with van der Waals surface area (Å²) in [5.74, 6) is 0.174. The van der Waals surface area contributed by atoms with Gasteiger partial charge in [0.25, 0.3) is 5.91 Å². The lowest BCUT2D eigenvalue weighted by Crippen LogP contribution is -2.18. The molecule has 0 radical (unpaired) electrons. The lowest BCUT2D eigenvalue weighted by atomic mass is 10.1. The van der Waals surface area contributed by atoms with Gasteiger partial charge in [-0.15, -0.1) is 0 Å². The third-order valence-corrected chi connectivity index (χ3v) is 5.30. The second-order valence-electron chi connectivity index (χ2n) is 6.96. The summed E-state index contributed by atoms with van der Waals surface area (Å²) in [5.41, 5.74) is 2.64. The highest BCUT2D eigenvalue weighted by atomic mass is 79.9. The number of carbonyl (C=O) groups is 1. The van der Waals surface area contributed by atoms with Crippen LogP contribution < -0.4 is 14.9 Å². The Morgan fingerprint density at radius 2 is 1.85 bits per heavy atom. The van der Waals surface area contributed by atoms with Crippen LogP contribution in [0.25, 0.3) is 0 Å². The van der Waals surface area contributed by atoms with Crippen molar-refractivity contribution in [2.45, 2.75) is 19.7 Å². The van der Waals surface area contributed by atoms with E-state index < -0.39 is 17.6 Å². The van der Waals surface area contributed by atoms with E-state index in [1.54, 1.807) is 24.3 Å². The number of carbonyl (C=O) groups excluding carboxylic acids is 1. The van der Waals surface area contributed by atoms with Crippen molar-refractivity contribution in [2.24, 2.45) is 5.10 Å². The van der Waals surface area contributed by atoms with Crippen LogP contribution in [0.4, 0.5) is 13.2 Å². The molecule has 34 heavy (non-hydrogen) atoms. The smallest absolute Gasteiger partial charge is 0.416 e. The molecule has 178 valence electrons. The first kappa shape index (κ1) is 25.6. The highest BCUT2D eigenvalue weighted by Gasteiger charge is 2.30. The van der Waals surface area contributed by atoms with Crippen LogP contribution in [0.2, 0.25) is 5.02 Å². The van der Waals surface area contributed by atoms with Crippen LogP contribution >= 0.6 is 27.5 Å². The van der Waals surface area contributed by atoms with Crippen LogP contribution in [0.1, 0.15) is 34.0 Å². The van der Waals surface area contributed by atoms with E-state index >= 15 is 0 Å². The predicted octanol–water partition coefficient (Wildman–Crippen LogP) is 6.86. The van der Waals surface area contributed by atoms with Crippen molar-refractivity contribution in [1.82, 2.24) is 5.43 Å². The van der Waals surface area contributed by atoms with Crippen LogP contribution in [0.5, 0.6) is 11.5 Å². The summed E-state index contributed by atoms with van der Waals surface area (Å²) in [7, 11) is 0. The van der Waals surface area contributed by atoms with Gasteiger partial charge in [0.05, 0.1) is 22.9 Å². The monoisotopic (exact) mass is 554 g/mol. The number of alkyl halides is 3. The number of amides is 1. The number of ether oxygens (including phenoxy) is 2. The molecular formula is C24H19BrClF3N2O3. The van der Waals surface area contributed by atoms with Gasteiger partial charge in [-0.05, 0) is 76.4 Å². The molecule has 3 aromatic carbocycles. The lowest BCUT2D eigenvalue weighted by Gasteiger charge is -2.14. The van der Waals surface area contributed by atoms with Gasteiger partial charge in [-0.25, -0.2) is 5.43 Å². The Kier molecular flexibility index (Phi) is 8.57. The van der Waals surface area contributed by atoms with E-state index in [1.807, 2.05) is 19.1 Å². The molecule has 0 atom stereocenters. The van der Waals surface area contributed by atoms with Gasteiger partial charge in [0, 0.05) is 10.6 Å². The summed E-state index contributed by atoms with van der Waals surface area (Å²) < 4.78 is 50.7. The fraction of sp³-hybridized carbons (Fsp3) is 0.167. The second kappa shape index (κ2) is 11.4. The summed E-state index contributed by atoms with van der Waals surface area (Å²) >= 11 is 9.36. The average molecular weight is 556 g/mol. The normalized spacial score (nSPS) is 11.5. The third kappa shape index (κ3) is 6.98. The van der Waals surface area contributed by atoms with Crippen molar-refractivity contribution in [1.29, 1.82) is 0 Å². The second-order valence-corrected chi connectivity index (χ2v) is 8.25. The summed E-state index contributed by atoms with van der Waals surface area (Å²) in [6, 6.07) is 14.7. The number of hydrogen-bond donors (Lipinski definition) is 1. The minimum Gasteiger partial charge on any atom is -0.490 e. The molecule has 0 aromatic heterocycles. The molecule has 0 aliphatic heterocycles. The van der Waals surface area contributed by atoms with E-state index in [2.05, 4.69) is 26.5 Å². The zero-order chi connectivity index (χ0) is 24.7. The summed E-state index contributed by atoms with van der Waals surface area (Å²) in [6.45, 7) is 2.50. The van der Waals surface area contributed by atoms with Crippen LogP contribution in [0, 0.1) is 0 Å². The van der Waals surface area contributed by atoms with E-state index in [9.17, 15) is 18.0 Å². The largest absolute Gasteiger partial charge is 0.490 e. The first-order valence-corrected chi connectivity index (χ1v) is 11.2. The van der Waals surface area contributed by atoms with Crippen molar-refractivity contribution < 1.29 is 27.4 Å². The Morgan fingerprint density at radius 3 is 2.53 bits per heavy atom. The number of nitrogens with zero attached hydrogens (tertiary/aromatic N) is 1. The molecule has 0 fully saturated rings. The molecule has 0 aliphatic carbocycles. The first-order valence-electron chi connectivity index (χ1n) is 10.0. The van der Waals surface area contributed by atoms with Gasteiger partial charge in [0.15, 0.2) is 11.5 Å². The zero-order valence-corrected chi connectivity index (χ0v) is 20.2. The van der Waals surface area contributed by atoms with Crippen molar-refractivity contribution >= 4 is 39.7 Å². The van der Waals surface area contributed by atoms with Crippen molar-refractivity contribution in [2.75, 3.05) is 6.61 Å². The van der Waals surface area contributed by atoms with Gasteiger partial charge >= 0.3 is 6.18 Å². The van der Waals surface area contributed by atoms with Crippen LogP contribution in [-0.2, 0) is 12.8 Å². The van der Waals surface area contributed by atoms with Gasteiger partial charge in [-0.1, -0.05) is 29.8 Å². The van der Waals surface area contributed by atoms with E-state index in [1.165, 1.54) is 12.3 Å². The average Bonchev–Trinajstić information content (AvgIpc) is 2.79. The molecule has 0 saturated heterocycles. The quantitative estimate of drug-likeness (QED) is 0.244. The number of nitrogens with one attached hydrogen (secondary N) is 1. The number of benzene rings is 3. The summed E-state index contributed by atoms with van der Waals surface area (Å²) in [4.78, 5) is 12.2. The Labute approximate surface area is 207 Å². The van der Waals surface area contributed by atoms with Gasteiger partial charge in [0.2, 0.25) is 0 Å². The molecule has 0 unspecified atom stereocenters. The van der Waals surface area contributed by atoms with E-state index in [0.717, 1.165) is 23.8 Å². The molecular weight excluding hydrogens is 537 g/mol. The third-order valence-electron chi connectivity index (χ3n) is 4.46. The Bertz CT molecular complexity index is 1190.